The summed E-state index contributed by atoms with van der Waals surface area (Å²) in [7, 11) is 0. The molecule has 2 N–H and O–H groups in total. The molecule has 0 aliphatic carbocycles. The van der Waals surface area contributed by atoms with Crippen molar-refractivity contribution < 1.29 is 37.0 Å². The van der Waals surface area contributed by atoms with Gasteiger partial charge in [0.15, 0.2) is 5.60 Å². The highest BCUT2D eigenvalue weighted by atomic mass is 19.4. The Kier molecular flexibility index (Phi) is 10.5. The maximum Gasteiger partial charge on any atom is 0.417 e. The molecule has 0 radical (unpaired) electrons. The molecule has 0 saturated carbocycles. The number of fused-ring (bicyclic) bond motifs is 1. The zero-order valence-corrected chi connectivity index (χ0v) is 30.2. The van der Waals surface area contributed by atoms with E-state index in [2.05, 4.69) is 0 Å². The average molecular weight is 709 g/mol. The molecule has 3 aromatic carbocycles. The first-order valence-electron chi connectivity index (χ1n) is 17.2. The lowest BCUT2D eigenvalue weighted by Crippen LogP contribution is -2.57. The Hall–Kier alpha value is -4.58. The number of piperidine rings is 1. The molecule has 274 valence electrons. The van der Waals surface area contributed by atoms with Crippen molar-refractivity contribution in [1.82, 2.24) is 9.80 Å². The molecule has 9 nitrogen and oxygen atoms in total. The lowest BCUT2D eigenvalue weighted by atomic mass is 9.82. The summed E-state index contributed by atoms with van der Waals surface area (Å²) in [5, 5.41) is 0. The maximum absolute atomic E-state index is 14.9. The molecular formula is C39H47F3N4O5. The van der Waals surface area contributed by atoms with E-state index in [0.717, 1.165) is 28.8 Å². The van der Waals surface area contributed by atoms with Crippen LogP contribution in [0.3, 0.4) is 0 Å². The van der Waals surface area contributed by atoms with Crippen LogP contribution in [-0.4, -0.2) is 77.2 Å². The first-order valence-corrected chi connectivity index (χ1v) is 17.2. The number of anilines is 1. The third kappa shape index (κ3) is 8.01. The minimum absolute atomic E-state index is 0.0127. The Morgan fingerprint density at radius 1 is 1.02 bits per heavy atom. The Labute approximate surface area is 297 Å². The number of hydrogen-bond donors (Lipinski definition) is 1. The van der Waals surface area contributed by atoms with Crippen LogP contribution in [-0.2, 0) is 15.7 Å². The monoisotopic (exact) mass is 708 g/mol. The molecule has 2 aliphatic rings. The van der Waals surface area contributed by atoms with Crippen molar-refractivity contribution in [1.29, 1.82) is 0 Å². The Balaban J connectivity index is 1.65. The van der Waals surface area contributed by atoms with Gasteiger partial charge in [-0.3, -0.25) is 9.59 Å². The van der Waals surface area contributed by atoms with Gasteiger partial charge in [0.1, 0.15) is 11.4 Å². The molecule has 2 aliphatic heterocycles. The van der Waals surface area contributed by atoms with Crippen molar-refractivity contribution in [3.8, 4) is 16.9 Å². The van der Waals surface area contributed by atoms with Gasteiger partial charge >= 0.3 is 12.3 Å². The van der Waals surface area contributed by atoms with Crippen molar-refractivity contribution in [3.63, 3.8) is 0 Å². The molecule has 2 atom stereocenters. The number of amides is 3. The van der Waals surface area contributed by atoms with Crippen LogP contribution in [0.1, 0.15) is 82.3 Å². The van der Waals surface area contributed by atoms with Crippen molar-refractivity contribution >= 4 is 23.6 Å². The fourth-order valence-electron chi connectivity index (χ4n) is 6.96. The normalized spacial score (nSPS) is 19.0. The third-order valence-electron chi connectivity index (χ3n) is 9.21. The second-order valence-corrected chi connectivity index (χ2v) is 14.9. The summed E-state index contributed by atoms with van der Waals surface area (Å²) in [6, 6.07) is 18.2. The van der Waals surface area contributed by atoms with Gasteiger partial charge in [-0.1, -0.05) is 54.6 Å². The number of halogens is 3. The van der Waals surface area contributed by atoms with Gasteiger partial charge in [0.2, 0.25) is 0 Å². The topological polar surface area (TPSA) is 105 Å². The maximum atomic E-state index is 14.9. The summed E-state index contributed by atoms with van der Waals surface area (Å²) < 4.78 is 56.1. The summed E-state index contributed by atoms with van der Waals surface area (Å²) in [6.45, 7) is 12.1. The third-order valence-corrected chi connectivity index (χ3v) is 9.21. The highest BCUT2D eigenvalue weighted by Crippen LogP contribution is 2.45. The lowest BCUT2D eigenvalue weighted by molar-refractivity contribution is -0.138. The van der Waals surface area contributed by atoms with Gasteiger partial charge in [-0.15, -0.1) is 0 Å². The molecule has 5 rings (SSSR count). The molecule has 1 saturated heterocycles. The van der Waals surface area contributed by atoms with E-state index in [9.17, 15) is 27.6 Å². The van der Waals surface area contributed by atoms with Crippen LogP contribution in [0, 0.1) is 0 Å². The summed E-state index contributed by atoms with van der Waals surface area (Å²) in [4.78, 5) is 45.8. The number of rotatable bonds is 7. The van der Waals surface area contributed by atoms with Gasteiger partial charge in [-0.2, -0.15) is 13.2 Å². The van der Waals surface area contributed by atoms with Gasteiger partial charge in [0.25, 0.3) is 11.8 Å². The number of hydrogen-bond acceptors (Lipinski definition) is 6. The molecular weight excluding hydrogens is 661 g/mol. The number of carbonyl (C=O) groups is 3. The van der Waals surface area contributed by atoms with Crippen molar-refractivity contribution in [2.45, 2.75) is 90.3 Å². The van der Waals surface area contributed by atoms with Crippen LogP contribution in [0.2, 0.25) is 0 Å². The van der Waals surface area contributed by atoms with Crippen LogP contribution in [0.15, 0.2) is 66.7 Å². The number of carbonyl (C=O) groups excluding carboxylic acids is 3. The number of benzene rings is 3. The summed E-state index contributed by atoms with van der Waals surface area (Å²) >= 11 is 0. The number of nitrogens with zero attached hydrogens (tertiary/aromatic N) is 3. The van der Waals surface area contributed by atoms with Crippen LogP contribution in [0.25, 0.3) is 11.1 Å². The van der Waals surface area contributed by atoms with E-state index >= 15 is 0 Å². The van der Waals surface area contributed by atoms with E-state index in [0.29, 0.717) is 13.0 Å². The largest absolute Gasteiger partial charge is 0.476 e. The molecule has 2 heterocycles. The Morgan fingerprint density at radius 2 is 1.69 bits per heavy atom. The van der Waals surface area contributed by atoms with Crippen LogP contribution >= 0.6 is 0 Å². The van der Waals surface area contributed by atoms with Crippen molar-refractivity contribution in [3.05, 3.63) is 83.4 Å². The standard InChI is InChI=1S/C39H47F3N4O5/c1-24(2)46(34(47)29-21-31-33(22-30(29)39(40,41)42)50-38(6,7)35(48)45(31)19-17-43)32-23-44(36(49)51-37(3,4)5)18-16-28(32)27-15-11-14-26(20-27)25-12-9-8-10-13-25/h8-15,20-22,24,28,32H,16-19,23,43H2,1-7H3/t28-,32+/m1/s1. The number of alkyl halides is 3. The number of likely N-dealkylation sites (tertiary alicyclic amines) is 1. The average Bonchev–Trinajstić information content (AvgIpc) is 3.05. The SMILES string of the molecule is CC(C)N(C(=O)c1cc2c(cc1C(F)(F)F)OC(C)(C)C(=O)N2CCN)[C@H]1CN(C(=O)OC(C)(C)C)CC[C@@H]1c1cccc(-c2ccccc2)c1. The van der Waals surface area contributed by atoms with E-state index in [-0.39, 0.29) is 37.0 Å². The van der Waals surface area contributed by atoms with Gasteiger partial charge in [-0.25, -0.2) is 4.79 Å². The molecule has 0 aromatic heterocycles. The van der Waals surface area contributed by atoms with E-state index in [1.165, 1.54) is 28.5 Å². The first-order chi connectivity index (χ1) is 23.8. The smallest absolute Gasteiger partial charge is 0.417 e. The minimum Gasteiger partial charge on any atom is -0.476 e. The lowest BCUT2D eigenvalue weighted by Gasteiger charge is -2.46. The van der Waals surface area contributed by atoms with Crippen LogP contribution in [0.4, 0.5) is 23.7 Å². The van der Waals surface area contributed by atoms with Crippen molar-refractivity contribution in [2.24, 2.45) is 5.73 Å². The van der Waals surface area contributed by atoms with Crippen molar-refractivity contribution in [2.75, 3.05) is 31.1 Å². The van der Waals surface area contributed by atoms with E-state index < -0.39 is 58.5 Å². The van der Waals surface area contributed by atoms with E-state index in [4.69, 9.17) is 15.2 Å². The molecule has 3 amide bonds. The Morgan fingerprint density at radius 3 is 2.29 bits per heavy atom. The van der Waals surface area contributed by atoms with E-state index in [1.54, 1.807) is 34.6 Å². The van der Waals surface area contributed by atoms with Gasteiger partial charge in [0.05, 0.1) is 22.9 Å². The predicted molar refractivity (Wildman–Crippen MR) is 190 cm³/mol. The van der Waals surface area contributed by atoms with Gasteiger partial charge in [0, 0.05) is 38.1 Å². The fraction of sp³-hybridized carbons (Fsp3) is 0.462. The molecule has 1 fully saturated rings. The highest BCUT2D eigenvalue weighted by molar-refractivity contribution is 6.05. The first kappa shape index (κ1) is 37.7. The number of ether oxygens (including phenoxy) is 2. The Bertz CT molecular complexity index is 1770. The van der Waals surface area contributed by atoms with Gasteiger partial charge in [-0.05, 0) is 83.7 Å². The highest BCUT2D eigenvalue weighted by Gasteiger charge is 2.47. The summed E-state index contributed by atoms with van der Waals surface area (Å²) in [6.07, 6.45) is -5.08. The quantitative estimate of drug-likeness (QED) is 0.273. The molecule has 3 aromatic rings. The van der Waals surface area contributed by atoms with E-state index in [1.807, 2.05) is 54.6 Å². The zero-order valence-electron chi connectivity index (χ0n) is 30.2. The predicted octanol–water partition coefficient (Wildman–Crippen LogP) is 7.48. The minimum atomic E-state index is -4.94. The summed E-state index contributed by atoms with van der Waals surface area (Å²) in [5.41, 5.74) is 4.64. The zero-order chi connectivity index (χ0) is 37.5. The number of nitrogens with two attached hydrogens (primary N) is 1. The molecule has 0 bridgehead atoms. The van der Waals surface area contributed by atoms with Crippen LogP contribution in [0.5, 0.6) is 5.75 Å². The van der Waals surface area contributed by atoms with Crippen LogP contribution < -0.4 is 15.4 Å². The second kappa shape index (κ2) is 14.2. The van der Waals surface area contributed by atoms with Gasteiger partial charge < -0.3 is 29.9 Å². The molecule has 12 heteroatoms. The second-order valence-electron chi connectivity index (χ2n) is 14.9. The summed E-state index contributed by atoms with van der Waals surface area (Å²) in [5.74, 6) is -1.88. The molecule has 0 unspecified atom stereocenters. The molecule has 51 heavy (non-hydrogen) atoms. The molecule has 0 spiro atoms. The fourth-order valence-corrected chi connectivity index (χ4v) is 6.96.